The van der Waals surface area contributed by atoms with Crippen molar-refractivity contribution in [3.8, 4) is 33.8 Å². The predicted molar refractivity (Wildman–Crippen MR) is 259 cm³/mol. The van der Waals surface area contributed by atoms with E-state index in [0.717, 1.165) is 29.5 Å². The van der Waals surface area contributed by atoms with Crippen molar-refractivity contribution in [1.82, 2.24) is 0 Å². The molecule has 21 heteroatoms. The Morgan fingerprint density at radius 2 is 0.945 bits per heavy atom. The molecule has 6 aromatic carbocycles. The maximum absolute atomic E-state index is 14.3. The van der Waals surface area contributed by atoms with Gasteiger partial charge in [-0.25, -0.2) is 0 Å². The molecule has 0 unspecified atom stereocenters. The molecule has 0 fully saturated rings. The van der Waals surface area contributed by atoms with E-state index in [0.29, 0.717) is 47.2 Å². The average molecular weight is 1170 g/mol. The molecule has 73 heavy (non-hydrogen) atoms. The van der Waals surface area contributed by atoms with Gasteiger partial charge in [-0.1, -0.05) is 77.4 Å². The minimum absolute atomic E-state index is 0. The molecule has 0 aliphatic carbocycles. The van der Waals surface area contributed by atoms with Crippen LogP contribution in [0.5, 0.6) is 11.5 Å². The van der Waals surface area contributed by atoms with Gasteiger partial charge in [0.1, 0.15) is 11.5 Å². The molecule has 0 spiro atoms. The molecule has 6 rings (SSSR count). The molecular weight excluding hydrogens is 1120 g/mol. The Balaban J connectivity index is 0.000000617. The summed E-state index contributed by atoms with van der Waals surface area (Å²) in [4.78, 5) is 0. The summed E-state index contributed by atoms with van der Waals surface area (Å²) in [6.45, 7) is 11.2. The van der Waals surface area contributed by atoms with Crippen LogP contribution in [-0.4, -0.2) is 33.4 Å². The first kappa shape index (κ1) is 62.2. The normalized spacial score (nSPS) is 12.2. The van der Waals surface area contributed by atoms with Gasteiger partial charge in [0.15, 0.2) is 0 Å². The van der Waals surface area contributed by atoms with Gasteiger partial charge in [0.2, 0.25) is 0 Å². The van der Waals surface area contributed by atoms with Crippen LogP contribution in [0, 0.1) is 6.07 Å². The van der Waals surface area contributed by atoms with E-state index in [1.807, 2.05) is 102 Å². The van der Waals surface area contributed by atoms with Crippen LogP contribution in [0.15, 0.2) is 109 Å². The van der Waals surface area contributed by atoms with Crippen LogP contribution < -0.4 is 31.1 Å². The molecule has 0 atom stereocenters. The zero-order valence-electron chi connectivity index (χ0n) is 40.5. The number of para-hydroxylation sites is 1. The van der Waals surface area contributed by atoms with Gasteiger partial charge in [0, 0.05) is 31.3 Å². The fourth-order valence-electron chi connectivity index (χ4n) is 7.44. The van der Waals surface area contributed by atoms with Gasteiger partial charge in [-0.05, 0) is 119 Å². The van der Waals surface area contributed by atoms with E-state index < -0.39 is 75.6 Å². The summed E-state index contributed by atoms with van der Waals surface area (Å²) in [6, 6.07) is 26.2. The zero-order chi connectivity index (χ0) is 54.5. The number of nitrogens with two attached hydrogens (primary N) is 1. The predicted octanol–water partition coefficient (Wildman–Crippen LogP) is 14.8. The minimum Gasteiger partial charge on any atom is -0.496 e. The summed E-state index contributed by atoms with van der Waals surface area (Å²) < 4.78 is 209. The van der Waals surface area contributed by atoms with Gasteiger partial charge in [-0.15, -0.1) is 35.9 Å². The molecule has 0 bridgehead atoms. The third kappa shape index (κ3) is 16.4. The quantitative estimate of drug-likeness (QED) is 0.0354. The molecular formula is C52H51F12NO5PPdS-. The number of anilines is 1. The van der Waals surface area contributed by atoms with Crippen LogP contribution in [0.4, 0.5) is 58.4 Å². The third-order valence-corrected chi connectivity index (χ3v) is 13.2. The summed E-state index contributed by atoms with van der Waals surface area (Å²) in [6.07, 6.45) is -20.9. The number of hydrogen-bond acceptors (Lipinski definition) is 5. The van der Waals surface area contributed by atoms with E-state index in [-0.39, 0.29) is 72.7 Å². The van der Waals surface area contributed by atoms with Gasteiger partial charge in [-0.3, -0.25) is 4.55 Å². The summed E-state index contributed by atoms with van der Waals surface area (Å²) in [5, 5.41) is -1.90. The van der Waals surface area contributed by atoms with Crippen molar-refractivity contribution in [2.24, 2.45) is 0 Å². The molecule has 400 valence electrons. The van der Waals surface area contributed by atoms with Gasteiger partial charge < -0.3 is 15.2 Å². The van der Waals surface area contributed by atoms with Crippen LogP contribution in [0.25, 0.3) is 22.3 Å². The van der Waals surface area contributed by atoms with E-state index in [2.05, 4.69) is 6.07 Å². The summed E-state index contributed by atoms with van der Waals surface area (Å²) in [5.41, 5.74) is 4.12. The average Bonchev–Trinajstić information content (AvgIpc) is 3.27. The Hall–Kier alpha value is -5.12. The van der Waals surface area contributed by atoms with Gasteiger partial charge in [-0.2, -0.15) is 61.1 Å². The summed E-state index contributed by atoms with van der Waals surface area (Å²) in [7, 11) is -4.49. The molecule has 6 nitrogen and oxygen atoms in total. The van der Waals surface area contributed by atoms with Crippen LogP contribution in [0.3, 0.4) is 0 Å². The molecule has 6 aromatic rings. The third-order valence-electron chi connectivity index (χ3n) is 10.8. The monoisotopic (exact) mass is 1170 g/mol. The first-order valence-electron chi connectivity index (χ1n) is 21.6. The Morgan fingerprint density at radius 3 is 1.27 bits per heavy atom. The Kier molecular flexibility index (Phi) is 20.9. The number of benzene rings is 6. The standard InChI is InChI=1S/C39H37F12O2P.C12H10N.CH4O3S.Pd/c1-19(2)22-11-29(20(3)4)33(30(12-22)21(5)6)34-31(52-7)9-10-32(53-8)35(34)54(27-15-23(36(40,41)42)13-24(16-27)37(43,44)45)28-17-25(38(46,47)48)14-26(18-28)39(49,50)51;13-12-9-5-4-8-11(12)10-6-2-1-3-7-10;1-5(2,3)4;/h9-21H,1-8H3;1-6,8-9H,13H2;1H3,(H,2,3,4);/q;-1;;. The van der Waals surface area contributed by atoms with Crippen LogP contribution >= 0.6 is 7.92 Å². The molecule has 0 radical (unpaired) electrons. The van der Waals surface area contributed by atoms with Crippen molar-refractivity contribution in [2.75, 3.05) is 26.2 Å². The fraction of sp³-hybridized carbons (Fsp3) is 0.308. The van der Waals surface area contributed by atoms with Crippen LogP contribution in [0.1, 0.15) is 98.2 Å². The number of hydrogen-bond donors (Lipinski definition) is 2. The Morgan fingerprint density at radius 1 is 0.562 bits per heavy atom. The Bertz CT molecular complexity index is 2760. The van der Waals surface area contributed by atoms with E-state index in [1.54, 1.807) is 0 Å². The van der Waals surface area contributed by atoms with Crippen molar-refractivity contribution < 1.29 is 95.6 Å². The fourth-order valence-corrected chi connectivity index (χ4v) is 10.2. The van der Waals surface area contributed by atoms with Crippen molar-refractivity contribution in [3.63, 3.8) is 0 Å². The minimum atomic E-state index is -5.40. The number of halogens is 12. The molecule has 0 amide bonds. The van der Waals surface area contributed by atoms with Crippen molar-refractivity contribution in [1.29, 1.82) is 0 Å². The van der Waals surface area contributed by atoms with E-state index in [4.69, 9.17) is 19.8 Å². The van der Waals surface area contributed by atoms with Gasteiger partial charge >= 0.3 is 24.7 Å². The second-order valence-corrected chi connectivity index (χ2v) is 20.8. The maximum Gasteiger partial charge on any atom is 0.416 e. The topological polar surface area (TPSA) is 98.8 Å². The van der Waals surface area contributed by atoms with Crippen LogP contribution in [-0.2, 0) is 55.2 Å². The number of methoxy groups -OCH3 is 2. The van der Waals surface area contributed by atoms with Crippen LogP contribution in [0.2, 0.25) is 0 Å². The van der Waals surface area contributed by atoms with E-state index in [1.165, 1.54) is 19.2 Å². The number of alkyl halides is 12. The molecule has 3 N–H and O–H groups in total. The Labute approximate surface area is 431 Å². The summed E-state index contributed by atoms with van der Waals surface area (Å²) in [5.74, 6) is -0.796. The van der Waals surface area contributed by atoms with E-state index >= 15 is 0 Å². The molecule has 0 heterocycles. The molecule has 0 saturated heterocycles. The molecule has 0 aliphatic rings. The zero-order valence-corrected chi connectivity index (χ0v) is 43.8. The number of nitrogen functional groups attached to an aromatic ring is 1. The smallest absolute Gasteiger partial charge is 0.416 e. The first-order valence-corrected chi connectivity index (χ1v) is 24.8. The van der Waals surface area contributed by atoms with E-state index in [9.17, 15) is 61.1 Å². The maximum atomic E-state index is 14.3. The van der Waals surface area contributed by atoms with Crippen molar-refractivity contribution in [3.05, 3.63) is 154 Å². The van der Waals surface area contributed by atoms with Gasteiger partial charge in [0.25, 0.3) is 10.1 Å². The second kappa shape index (κ2) is 24.5. The largest absolute Gasteiger partial charge is 0.496 e. The van der Waals surface area contributed by atoms with Crippen molar-refractivity contribution >= 4 is 39.6 Å². The van der Waals surface area contributed by atoms with Crippen molar-refractivity contribution in [2.45, 2.75) is 84.0 Å². The molecule has 0 aromatic heterocycles. The molecule has 0 aliphatic heterocycles. The van der Waals surface area contributed by atoms with Gasteiger partial charge in [0.05, 0.1) is 42.7 Å². The summed E-state index contributed by atoms with van der Waals surface area (Å²) >= 11 is 0. The number of rotatable bonds is 10. The second-order valence-electron chi connectivity index (χ2n) is 17.2. The number of ether oxygens (including phenoxy) is 2. The SMILES string of the molecule is COc1ccc(OC)c(P(c2cc(C(F)(F)F)cc(C(F)(F)F)c2)c2cc(C(F)(F)F)cc(C(F)(F)F)c2)c1-c1c(C(C)C)cc(C(C)C)cc1C(C)C.CS(=O)(=O)O.Nc1ccccc1-c1[c-]cccc1.[Pd]. The molecule has 0 saturated carbocycles. The first-order chi connectivity index (χ1) is 33.1.